The Morgan fingerprint density at radius 1 is 1.19 bits per heavy atom. The van der Waals surface area contributed by atoms with E-state index in [-0.39, 0.29) is 18.0 Å². The van der Waals surface area contributed by atoms with Crippen LogP contribution in [0.2, 0.25) is 0 Å². The Bertz CT molecular complexity index is 512. The Morgan fingerprint density at radius 3 is 2.52 bits per heavy atom. The van der Waals surface area contributed by atoms with E-state index in [1.54, 1.807) is 0 Å². The molecule has 5 heteroatoms. The molecule has 112 valence electrons. The second kappa shape index (κ2) is 6.16. The minimum absolute atomic E-state index is 0.0405. The first-order valence-corrected chi connectivity index (χ1v) is 7.64. The summed E-state index contributed by atoms with van der Waals surface area (Å²) in [5.41, 5.74) is 1.15. The highest BCUT2D eigenvalue weighted by molar-refractivity contribution is 5.90. The Labute approximate surface area is 124 Å². The van der Waals surface area contributed by atoms with E-state index in [1.165, 1.54) is 12.8 Å². The van der Waals surface area contributed by atoms with Crippen LogP contribution in [-0.2, 0) is 4.79 Å². The second-order valence-corrected chi connectivity index (χ2v) is 5.85. The molecule has 0 spiro atoms. The molecule has 21 heavy (non-hydrogen) atoms. The number of nitrogens with one attached hydrogen (secondary N) is 3. The summed E-state index contributed by atoms with van der Waals surface area (Å²) < 4.78 is 0. The third kappa shape index (κ3) is 3.17. The highest BCUT2D eigenvalue weighted by atomic mass is 16.2. The summed E-state index contributed by atoms with van der Waals surface area (Å²) in [5.74, 6) is 0.385. The molecular formula is C16H21N3O2. The van der Waals surface area contributed by atoms with E-state index in [0.29, 0.717) is 12.5 Å². The number of urea groups is 1. The molecule has 3 amide bonds. The van der Waals surface area contributed by atoms with Crippen LogP contribution >= 0.6 is 0 Å². The highest BCUT2D eigenvalue weighted by Crippen LogP contribution is 2.35. The lowest BCUT2D eigenvalue weighted by molar-refractivity contribution is -0.123. The molecule has 0 bridgehead atoms. The predicted octanol–water partition coefficient (Wildman–Crippen LogP) is 1.72. The zero-order chi connectivity index (χ0) is 14.7. The van der Waals surface area contributed by atoms with Crippen molar-refractivity contribution in [2.75, 3.05) is 6.54 Å². The van der Waals surface area contributed by atoms with Crippen LogP contribution in [-0.4, -0.2) is 24.5 Å². The number of rotatable bonds is 4. The van der Waals surface area contributed by atoms with Crippen molar-refractivity contribution in [1.29, 1.82) is 0 Å². The molecule has 1 saturated carbocycles. The van der Waals surface area contributed by atoms with E-state index < -0.39 is 6.04 Å². The summed E-state index contributed by atoms with van der Waals surface area (Å²) in [6.45, 7) is 0.358. The zero-order valence-corrected chi connectivity index (χ0v) is 12.0. The monoisotopic (exact) mass is 287 g/mol. The van der Waals surface area contributed by atoms with Gasteiger partial charge in [-0.25, -0.2) is 4.79 Å². The third-order valence-electron chi connectivity index (χ3n) is 4.42. The standard InChI is InChI=1S/C16H21N3O2/c20-15(13-10-17-16(21)18-13)19-14(12-8-4-5-9-12)11-6-2-1-3-7-11/h1-3,6-7,12-14H,4-5,8-10H2,(H,19,20)(H2,17,18,21)/t13-,14-/m0/s1. The fraction of sp³-hybridized carbons (Fsp3) is 0.500. The first-order valence-electron chi connectivity index (χ1n) is 7.64. The summed E-state index contributed by atoms with van der Waals surface area (Å²) in [6, 6.07) is 9.42. The van der Waals surface area contributed by atoms with Gasteiger partial charge in [0.2, 0.25) is 5.91 Å². The summed E-state index contributed by atoms with van der Waals surface area (Å²) >= 11 is 0. The maximum Gasteiger partial charge on any atom is 0.315 e. The van der Waals surface area contributed by atoms with E-state index in [1.807, 2.05) is 18.2 Å². The largest absolute Gasteiger partial charge is 0.347 e. The topological polar surface area (TPSA) is 70.2 Å². The molecule has 1 heterocycles. The molecule has 0 aromatic heterocycles. The summed E-state index contributed by atoms with van der Waals surface area (Å²) in [4.78, 5) is 23.5. The van der Waals surface area contributed by atoms with Crippen molar-refractivity contribution in [1.82, 2.24) is 16.0 Å². The van der Waals surface area contributed by atoms with Gasteiger partial charge >= 0.3 is 6.03 Å². The molecule has 3 N–H and O–H groups in total. The highest BCUT2D eigenvalue weighted by Gasteiger charge is 2.32. The van der Waals surface area contributed by atoms with Crippen molar-refractivity contribution in [2.24, 2.45) is 5.92 Å². The van der Waals surface area contributed by atoms with Crippen molar-refractivity contribution in [3.05, 3.63) is 35.9 Å². The van der Waals surface area contributed by atoms with Crippen LogP contribution in [0.15, 0.2) is 30.3 Å². The van der Waals surface area contributed by atoms with Crippen molar-refractivity contribution in [2.45, 2.75) is 37.8 Å². The normalized spacial score (nSPS) is 23.4. The lowest BCUT2D eigenvalue weighted by atomic mass is 9.91. The molecule has 2 aliphatic rings. The van der Waals surface area contributed by atoms with Gasteiger partial charge in [0.15, 0.2) is 0 Å². The fourth-order valence-electron chi connectivity index (χ4n) is 3.29. The lowest BCUT2D eigenvalue weighted by Crippen LogP contribution is -2.45. The number of carbonyl (C=O) groups is 2. The smallest absolute Gasteiger partial charge is 0.315 e. The van der Waals surface area contributed by atoms with Crippen molar-refractivity contribution in [3.8, 4) is 0 Å². The van der Waals surface area contributed by atoms with Gasteiger partial charge in [-0.3, -0.25) is 4.79 Å². The summed E-state index contributed by atoms with van der Waals surface area (Å²) in [7, 11) is 0. The number of hydrogen-bond acceptors (Lipinski definition) is 2. The fourth-order valence-corrected chi connectivity index (χ4v) is 3.29. The van der Waals surface area contributed by atoms with Crippen molar-refractivity contribution in [3.63, 3.8) is 0 Å². The van der Waals surface area contributed by atoms with Crippen LogP contribution in [0.5, 0.6) is 0 Å². The van der Waals surface area contributed by atoms with Crippen LogP contribution in [0.1, 0.15) is 37.3 Å². The maximum absolute atomic E-state index is 12.4. The molecule has 0 radical (unpaired) electrons. The quantitative estimate of drug-likeness (QED) is 0.789. The molecule has 1 aliphatic carbocycles. The predicted molar refractivity (Wildman–Crippen MR) is 79.6 cm³/mol. The van der Waals surface area contributed by atoms with E-state index in [2.05, 4.69) is 28.1 Å². The Hall–Kier alpha value is -2.04. The number of amides is 3. The van der Waals surface area contributed by atoms with Gasteiger partial charge in [-0.1, -0.05) is 43.2 Å². The van der Waals surface area contributed by atoms with Crippen molar-refractivity contribution >= 4 is 11.9 Å². The molecule has 1 aromatic rings. The Balaban J connectivity index is 1.73. The van der Waals surface area contributed by atoms with Gasteiger partial charge in [0, 0.05) is 6.54 Å². The second-order valence-electron chi connectivity index (χ2n) is 5.85. The minimum atomic E-state index is -0.467. The summed E-state index contributed by atoms with van der Waals surface area (Å²) in [5, 5.41) is 8.41. The third-order valence-corrected chi connectivity index (χ3v) is 4.42. The molecule has 1 aliphatic heterocycles. The average Bonchev–Trinajstić information content (AvgIpc) is 3.17. The van der Waals surface area contributed by atoms with Gasteiger partial charge in [-0.05, 0) is 24.3 Å². The van der Waals surface area contributed by atoms with Gasteiger partial charge in [0.05, 0.1) is 6.04 Å². The van der Waals surface area contributed by atoms with Gasteiger partial charge in [0.25, 0.3) is 0 Å². The van der Waals surface area contributed by atoms with Crippen molar-refractivity contribution < 1.29 is 9.59 Å². The zero-order valence-electron chi connectivity index (χ0n) is 12.0. The Kier molecular flexibility index (Phi) is 4.08. The van der Waals surface area contributed by atoms with E-state index in [0.717, 1.165) is 18.4 Å². The van der Waals surface area contributed by atoms with E-state index in [4.69, 9.17) is 0 Å². The average molecular weight is 287 g/mol. The Morgan fingerprint density at radius 2 is 1.90 bits per heavy atom. The van der Waals surface area contributed by atoms with Crippen LogP contribution < -0.4 is 16.0 Å². The molecule has 2 atom stereocenters. The molecule has 1 saturated heterocycles. The van der Waals surface area contributed by atoms with E-state index in [9.17, 15) is 9.59 Å². The van der Waals surface area contributed by atoms with Gasteiger partial charge in [-0.15, -0.1) is 0 Å². The van der Waals surface area contributed by atoms with Gasteiger partial charge in [0.1, 0.15) is 6.04 Å². The lowest BCUT2D eigenvalue weighted by Gasteiger charge is -2.26. The number of carbonyl (C=O) groups excluding carboxylic acids is 2. The molecule has 1 aromatic carbocycles. The van der Waals surface area contributed by atoms with E-state index >= 15 is 0 Å². The number of hydrogen-bond donors (Lipinski definition) is 3. The SMILES string of the molecule is O=C1NC[C@@H](C(=O)N[C@@H](c2ccccc2)C2CCCC2)N1. The van der Waals surface area contributed by atoms with Gasteiger partial charge < -0.3 is 16.0 Å². The molecule has 3 rings (SSSR count). The van der Waals surface area contributed by atoms with Crippen LogP contribution in [0.25, 0.3) is 0 Å². The first-order chi connectivity index (χ1) is 10.2. The molecule has 2 fully saturated rings. The summed E-state index contributed by atoms with van der Waals surface area (Å²) in [6.07, 6.45) is 4.75. The molecule has 5 nitrogen and oxygen atoms in total. The van der Waals surface area contributed by atoms with Crippen LogP contribution in [0.3, 0.4) is 0 Å². The van der Waals surface area contributed by atoms with Gasteiger partial charge in [-0.2, -0.15) is 0 Å². The number of benzene rings is 1. The maximum atomic E-state index is 12.4. The molecular weight excluding hydrogens is 266 g/mol. The first kappa shape index (κ1) is 13.9. The molecule has 0 unspecified atom stereocenters. The minimum Gasteiger partial charge on any atom is -0.347 e. The van der Waals surface area contributed by atoms with Crippen LogP contribution in [0, 0.1) is 5.92 Å². The van der Waals surface area contributed by atoms with Crippen LogP contribution in [0.4, 0.5) is 4.79 Å².